The first kappa shape index (κ1) is 13.6. The molecule has 0 spiro atoms. The lowest BCUT2D eigenvalue weighted by molar-refractivity contribution is 0.284. The van der Waals surface area contributed by atoms with E-state index >= 15 is 0 Å². The Balaban J connectivity index is 2.19. The maximum atomic E-state index is 4.10. The topological polar surface area (TPSA) is 28.2 Å². The summed E-state index contributed by atoms with van der Waals surface area (Å²) in [4.78, 5) is 7.90. The van der Waals surface area contributed by atoms with Gasteiger partial charge in [0.2, 0.25) is 0 Å². The van der Waals surface area contributed by atoms with Crippen molar-refractivity contribution in [1.29, 1.82) is 0 Å². The minimum Gasteiger partial charge on any atom is -0.308 e. The summed E-state index contributed by atoms with van der Waals surface area (Å²) in [6, 6.07) is 0.424. The Morgan fingerprint density at radius 2 is 2.25 bits per heavy atom. The van der Waals surface area contributed by atoms with Crippen LogP contribution in [0.5, 0.6) is 0 Å². The van der Waals surface area contributed by atoms with Crippen molar-refractivity contribution in [2.24, 2.45) is 0 Å². The molecule has 92 valence electrons. The summed E-state index contributed by atoms with van der Waals surface area (Å²) in [5.74, 6) is 0. The molecule has 0 saturated heterocycles. The van der Waals surface area contributed by atoms with Crippen molar-refractivity contribution in [1.82, 2.24) is 15.2 Å². The lowest BCUT2D eigenvalue weighted by Gasteiger charge is -2.21. The number of hydrogen-bond donors (Lipinski definition) is 1. The summed E-state index contributed by atoms with van der Waals surface area (Å²) in [5, 5.41) is 3.54. The van der Waals surface area contributed by atoms with Crippen LogP contribution in [0.25, 0.3) is 0 Å². The molecule has 0 bridgehead atoms. The van der Waals surface area contributed by atoms with Gasteiger partial charge in [0.25, 0.3) is 0 Å². The molecule has 0 radical (unpaired) electrons. The van der Waals surface area contributed by atoms with E-state index in [2.05, 4.69) is 36.0 Å². The molecule has 0 saturated carbocycles. The van der Waals surface area contributed by atoms with E-state index in [4.69, 9.17) is 0 Å². The van der Waals surface area contributed by atoms with Gasteiger partial charge in [0, 0.05) is 30.2 Å². The molecule has 3 nitrogen and oxygen atoms in total. The van der Waals surface area contributed by atoms with Crippen molar-refractivity contribution in [3.8, 4) is 0 Å². The molecule has 4 heteroatoms. The molecular weight excluding hydrogens is 218 g/mol. The van der Waals surface area contributed by atoms with E-state index in [9.17, 15) is 0 Å². The molecule has 0 aliphatic heterocycles. The molecule has 1 rings (SSSR count). The van der Waals surface area contributed by atoms with Crippen LogP contribution in [0.4, 0.5) is 0 Å². The SMILES string of the molecule is CCCN(CC)CCNC(C)c1cncs1. The van der Waals surface area contributed by atoms with Crippen LogP contribution in [0, 0.1) is 0 Å². The predicted molar refractivity (Wildman–Crippen MR) is 70.9 cm³/mol. The second-order valence-electron chi connectivity index (χ2n) is 4.01. The lowest BCUT2D eigenvalue weighted by Crippen LogP contribution is -2.33. The van der Waals surface area contributed by atoms with E-state index in [-0.39, 0.29) is 0 Å². The molecular formula is C12H23N3S. The Morgan fingerprint density at radius 1 is 1.44 bits per heavy atom. The third-order valence-corrected chi connectivity index (χ3v) is 3.70. The van der Waals surface area contributed by atoms with Crippen LogP contribution in [0.15, 0.2) is 11.7 Å². The zero-order valence-electron chi connectivity index (χ0n) is 10.6. The van der Waals surface area contributed by atoms with E-state index in [0.29, 0.717) is 6.04 Å². The van der Waals surface area contributed by atoms with E-state index in [0.717, 1.165) is 19.6 Å². The van der Waals surface area contributed by atoms with Crippen LogP contribution in [-0.2, 0) is 0 Å². The van der Waals surface area contributed by atoms with Crippen molar-refractivity contribution in [3.05, 3.63) is 16.6 Å². The van der Waals surface area contributed by atoms with Gasteiger partial charge in [-0.1, -0.05) is 13.8 Å². The average Bonchev–Trinajstić information content (AvgIpc) is 2.81. The number of aromatic nitrogens is 1. The smallest absolute Gasteiger partial charge is 0.0794 e. The maximum Gasteiger partial charge on any atom is 0.0794 e. The molecule has 0 aliphatic carbocycles. The summed E-state index contributed by atoms with van der Waals surface area (Å²) >= 11 is 1.72. The number of rotatable bonds is 8. The molecule has 0 fully saturated rings. The number of nitrogens with zero attached hydrogens (tertiary/aromatic N) is 2. The Bertz CT molecular complexity index is 261. The van der Waals surface area contributed by atoms with Gasteiger partial charge in [-0.05, 0) is 26.4 Å². The minimum atomic E-state index is 0.424. The first-order valence-corrected chi connectivity index (χ1v) is 7.00. The zero-order chi connectivity index (χ0) is 11.8. The molecule has 16 heavy (non-hydrogen) atoms. The molecule has 0 aromatic carbocycles. The number of likely N-dealkylation sites (N-methyl/N-ethyl adjacent to an activating group) is 1. The van der Waals surface area contributed by atoms with Crippen LogP contribution < -0.4 is 5.32 Å². The fourth-order valence-corrected chi connectivity index (χ4v) is 2.38. The standard InChI is InChI=1S/C12H23N3S/c1-4-7-15(5-2)8-6-14-11(3)12-9-13-10-16-12/h9-11,14H,4-8H2,1-3H3. The maximum absolute atomic E-state index is 4.10. The van der Waals surface area contributed by atoms with Crippen LogP contribution >= 0.6 is 11.3 Å². The summed E-state index contributed by atoms with van der Waals surface area (Å²) in [6.45, 7) is 11.2. The Hall–Kier alpha value is -0.450. The fraction of sp³-hybridized carbons (Fsp3) is 0.750. The normalized spacial score (nSPS) is 13.2. The second-order valence-corrected chi connectivity index (χ2v) is 4.93. The highest BCUT2D eigenvalue weighted by Gasteiger charge is 2.06. The number of nitrogens with one attached hydrogen (secondary N) is 1. The van der Waals surface area contributed by atoms with Crippen LogP contribution in [-0.4, -0.2) is 36.1 Å². The van der Waals surface area contributed by atoms with Gasteiger partial charge < -0.3 is 10.2 Å². The van der Waals surface area contributed by atoms with Gasteiger partial charge in [-0.15, -0.1) is 11.3 Å². The zero-order valence-corrected chi connectivity index (χ0v) is 11.4. The van der Waals surface area contributed by atoms with E-state index < -0.39 is 0 Å². The van der Waals surface area contributed by atoms with Crippen LogP contribution in [0.1, 0.15) is 38.1 Å². The predicted octanol–water partition coefficient (Wildman–Crippen LogP) is 2.53. The molecule has 1 heterocycles. The van der Waals surface area contributed by atoms with Gasteiger partial charge in [-0.2, -0.15) is 0 Å². The summed E-state index contributed by atoms with van der Waals surface area (Å²) in [5.41, 5.74) is 1.89. The van der Waals surface area contributed by atoms with E-state index in [1.165, 1.54) is 17.8 Å². The third-order valence-electron chi connectivity index (χ3n) is 2.74. The summed E-state index contributed by atoms with van der Waals surface area (Å²) in [7, 11) is 0. The van der Waals surface area contributed by atoms with Gasteiger partial charge >= 0.3 is 0 Å². The fourth-order valence-electron chi connectivity index (χ4n) is 1.72. The highest BCUT2D eigenvalue weighted by molar-refractivity contribution is 7.09. The minimum absolute atomic E-state index is 0.424. The summed E-state index contributed by atoms with van der Waals surface area (Å²) < 4.78 is 0. The highest BCUT2D eigenvalue weighted by Crippen LogP contribution is 2.15. The average molecular weight is 241 g/mol. The summed E-state index contributed by atoms with van der Waals surface area (Å²) in [6.07, 6.45) is 3.18. The van der Waals surface area contributed by atoms with Crippen molar-refractivity contribution >= 4 is 11.3 Å². The Kier molecular flexibility index (Phi) is 6.61. The molecule has 1 aromatic rings. The molecule has 0 aliphatic rings. The van der Waals surface area contributed by atoms with E-state index in [1.807, 2.05) is 11.7 Å². The molecule has 1 unspecified atom stereocenters. The van der Waals surface area contributed by atoms with Gasteiger partial charge in [0.05, 0.1) is 5.51 Å². The van der Waals surface area contributed by atoms with Gasteiger partial charge in [0.15, 0.2) is 0 Å². The van der Waals surface area contributed by atoms with Crippen molar-refractivity contribution in [2.75, 3.05) is 26.2 Å². The number of thiazole rings is 1. The van der Waals surface area contributed by atoms with Crippen molar-refractivity contribution in [2.45, 2.75) is 33.2 Å². The monoisotopic (exact) mass is 241 g/mol. The van der Waals surface area contributed by atoms with Crippen LogP contribution in [0.3, 0.4) is 0 Å². The first-order chi connectivity index (χ1) is 7.77. The third kappa shape index (κ3) is 4.60. The molecule has 1 aromatic heterocycles. The molecule has 1 N–H and O–H groups in total. The molecule has 0 amide bonds. The number of hydrogen-bond acceptors (Lipinski definition) is 4. The first-order valence-electron chi connectivity index (χ1n) is 6.12. The Morgan fingerprint density at radius 3 is 2.81 bits per heavy atom. The lowest BCUT2D eigenvalue weighted by atomic mass is 10.3. The van der Waals surface area contributed by atoms with Gasteiger partial charge in [-0.25, -0.2) is 0 Å². The Labute approximate surface area is 103 Å². The highest BCUT2D eigenvalue weighted by atomic mass is 32.1. The van der Waals surface area contributed by atoms with Crippen molar-refractivity contribution in [3.63, 3.8) is 0 Å². The molecule has 1 atom stereocenters. The van der Waals surface area contributed by atoms with Crippen molar-refractivity contribution < 1.29 is 0 Å². The van der Waals surface area contributed by atoms with E-state index in [1.54, 1.807) is 11.3 Å². The van der Waals surface area contributed by atoms with Gasteiger partial charge in [-0.3, -0.25) is 4.98 Å². The second kappa shape index (κ2) is 7.76. The van der Waals surface area contributed by atoms with Crippen LogP contribution in [0.2, 0.25) is 0 Å². The quantitative estimate of drug-likeness (QED) is 0.758. The van der Waals surface area contributed by atoms with Gasteiger partial charge in [0.1, 0.15) is 0 Å². The largest absolute Gasteiger partial charge is 0.308 e.